The highest BCUT2D eigenvalue weighted by Crippen LogP contribution is 2.40. The van der Waals surface area contributed by atoms with E-state index in [0.717, 1.165) is 31.0 Å². The number of aryl methyl sites for hydroxylation is 1. The predicted octanol–water partition coefficient (Wildman–Crippen LogP) is 4.66. The Bertz CT molecular complexity index is 892. The zero-order valence-electron chi connectivity index (χ0n) is 19.7. The summed E-state index contributed by atoms with van der Waals surface area (Å²) in [5, 5.41) is 3.26. The fraction of sp³-hybridized carbons (Fsp3) is 0.500. The Balaban J connectivity index is 1.95. The molecule has 2 aromatic rings. The van der Waals surface area contributed by atoms with Gasteiger partial charge in [0.25, 0.3) is 0 Å². The molecule has 2 aromatic carbocycles. The molecule has 1 heterocycles. The van der Waals surface area contributed by atoms with Crippen molar-refractivity contribution in [2.75, 3.05) is 20.8 Å². The molecule has 1 aliphatic rings. The maximum Gasteiger partial charge on any atom is 0.220 e. The molecule has 31 heavy (non-hydrogen) atoms. The SMILES string of the molecule is COc1cc2c(cc1OC)[C@@H]([C@@H](C)NC(=O)CC(C)C)N(Cc1ccc(C)cc1)CC2. The fourth-order valence-corrected chi connectivity index (χ4v) is 4.48. The Labute approximate surface area is 186 Å². The number of nitrogens with zero attached hydrogens (tertiary/aromatic N) is 1. The van der Waals surface area contributed by atoms with Crippen LogP contribution >= 0.6 is 0 Å². The van der Waals surface area contributed by atoms with Gasteiger partial charge in [-0.05, 0) is 55.0 Å². The van der Waals surface area contributed by atoms with Crippen LogP contribution in [0, 0.1) is 12.8 Å². The van der Waals surface area contributed by atoms with E-state index in [-0.39, 0.29) is 18.0 Å². The molecule has 0 saturated carbocycles. The summed E-state index contributed by atoms with van der Waals surface area (Å²) in [6.07, 6.45) is 1.47. The van der Waals surface area contributed by atoms with E-state index in [1.165, 1.54) is 22.3 Å². The maximum atomic E-state index is 12.6. The van der Waals surface area contributed by atoms with Gasteiger partial charge in [-0.15, -0.1) is 0 Å². The molecular formula is C26H36N2O3. The lowest BCUT2D eigenvalue weighted by Crippen LogP contribution is -2.47. The lowest BCUT2D eigenvalue weighted by molar-refractivity contribution is -0.122. The van der Waals surface area contributed by atoms with E-state index in [4.69, 9.17) is 9.47 Å². The highest BCUT2D eigenvalue weighted by Gasteiger charge is 2.33. The lowest BCUT2D eigenvalue weighted by Gasteiger charge is -2.41. The highest BCUT2D eigenvalue weighted by atomic mass is 16.5. The average molecular weight is 425 g/mol. The van der Waals surface area contributed by atoms with Gasteiger partial charge in [0.2, 0.25) is 5.91 Å². The number of hydrogen-bond donors (Lipinski definition) is 1. The molecule has 0 aliphatic carbocycles. The van der Waals surface area contributed by atoms with Crippen molar-refractivity contribution >= 4 is 5.91 Å². The Morgan fingerprint density at radius 1 is 1.10 bits per heavy atom. The first kappa shape index (κ1) is 23.1. The number of carbonyl (C=O) groups is 1. The summed E-state index contributed by atoms with van der Waals surface area (Å²) in [6, 6.07) is 12.9. The molecule has 0 fully saturated rings. The van der Waals surface area contributed by atoms with Crippen LogP contribution in [0.2, 0.25) is 0 Å². The number of fused-ring (bicyclic) bond motifs is 1. The molecule has 2 atom stereocenters. The molecule has 168 valence electrons. The van der Waals surface area contributed by atoms with Gasteiger partial charge in [-0.1, -0.05) is 43.7 Å². The van der Waals surface area contributed by atoms with Gasteiger partial charge in [0.05, 0.1) is 20.3 Å². The van der Waals surface area contributed by atoms with Gasteiger partial charge in [-0.3, -0.25) is 9.69 Å². The van der Waals surface area contributed by atoms with Crippen LogP contribution in [-0.4, -0.2) is 37.6 Å². The minimum atomic E-state index is -0.0335. The van der Waals surface area contributed by atoms with Gasteiger partial charge in [-0.25, -0.2) is 0 Å². The first-order chi connectivity index (χ1) is 14.8. The van der Waals surface area contributed by atoms with Gasteiger partial charge < -0.3 is 14.8 Å². The van der Waals surface area contributed by atoms with E-state index < -0.39 is 0 Å². The Kier molecular flexibility index (Phi) is 7.60. The summed E-state index contributed by atoms with van der Waals surface area (Å²) in [5.41, 5.74) is 5.00. The van der Waals surface area contributed by atoms with Gasteiger partial charge in [-0.2, -0.15) is 0 Å². The summed E-state index contributed by atoms with van der Waals surface area (Å²) in [5.74, 6) is 1.91. The number of amides is 1. The summed E-state index contributed by atoms with van der Waals surface area (Å²) < 4.78 is 11.1. The maximum absolute atomic E-state index is 12.6. The van der Waals surface area contributed by atoms with Gasteiger partial charge in [0.1, 0.15) is 0 Å². The van der Waals surface area contributed by atoms with Crippen molar-refractivity contribution in [2.24, 2.45) is 5.92 Å². The van der Waals surface area contributed by atoms with Gasteiger partial charge in [0, 0.05) is 25.6 Å². The zero-order chi connectivity index (χ0) is 22.5. The number of benzene rings is 2. The fourth-order valence-electron chi connectivity index (χ4n) is 4.48. The lowest BCUT2D eigenvalue weighted by atomic mass is 9.87. The highest BCUT2D eigenvalue weighted by molar-refractivity contribution is 5.76. The Hall–Kier alpha value is -2.53. The minimum absolute atomic E-state index is 0.0335. The number of ether oxygens (including phenoxy) is 2. The molecular weight excluding hydrogens is 388 g/mol. The third-order valence-corrected chi connectivity index (χ3v) is 5.99. The van der Waals surface area contributed by atoms with Gasteiger partial charge >= 0.3 is 0 Å². The van der Waals surface area contributed by atoms with Crippen LogP contribution in [0.4, 0.5) is 0 Å². The first-order valence-corrected chi connectivity index (χ1v) is 11.2. The average Bonchev–Trinajstić information content (AvgIpc) is 2.73. The Morgan fingerprint density at radius 3 is 2.35 bits per heavy atom. The van der Waals surface area contributed by atoms with Crippen molar-refractivity contribution in [3.63, 3.8) is 0 Å². The quantitative estimate of drug-likeness (QED) is 0.669. The van der Waals surface area contributed by atoms with Crippen molar-refractivity contribution in [1.29, 1.82) is 0 Å². The van der Waals surface area contributed by atoms with Crippen LogP contribution in [0.25, 0.3) is 0 Å². The minimum Gasteiger partial charge on any atom is -0.493 e. The molecule has 0 saturated heterocycles. The van der Waals surface area contributed by atoms with Crippen LogP contribution in [0.3, 0.4) is 0 Å². The molecule has 1 aliphatic heterocycles. The van der Waals surface area contributed by atoms with E-state index in [9.17, 15) is 4.79 Å². The molecule has 0 unspecified atom stereocenters. The van der Waals surface area contributed by atoms with Crippen LogP contribution in [-0.2, 0) is 17.8 Å². The topological polar surface area (TPSA) is 50.8 Å². The van der Waals surface area contributed by atoms with Crippen molar-refractivity contribution in [3.05, 3.63) is 58.7 Å². The third kappa shape index (κ3) is 5.59. The summed E-state index contributed by atoms with van der Waals surface area (Å²) >= 11 is 0. The van der Waals surface area contributed by atoms with E-state index in [2.05, 4.69) is 74.3 Å². The number of nitrogens with one attached hydrogen (secondary N) is 1. The van der Waals surface area contributed by atoms with Crippen molar-refractivity contribution in [3.8, 4) is 11.5 Å². The molecule has 5 heteroatoms. The monoisotopic (exact) mass is 424 g/mol. The van der Waals surface area contributed by atoms with Crippen molar-refractivity contribution < 1.29 is 14.3 Å². The predicted molar refractivity (Wildman–Crippen MR) is 125 cm³/mol. The smallest absolute Gasteiger partial charge is 0.220 e. The van der Waals surface area contributed by atoms with Crippen LogP contribution in [0.15, 0.2) is 36.4 Å². The second-order valence-electron chi connectivity index (χ2n) is 9.01. The van der Waals surface area contributed by atoms with Crippen molar-refractivity contribution in [1.82, 2.24) is 10.2 Å². The molecule has 1 amide bonds. The van der Waals surface area contributed by atoms with E-state index in [1.54, 1.807) is 14.2 Å². The third-order valence-electron chi connectivity index (χ3n) is 5.99. The molecule has 5 nitrogen and oxygen atoms in total. The van der Waals surface area contributed by atoms with E-state index >= 15 is 0 Å². The second kappa shape index (κ2) is 10.2. The molecule has 1 N–H and O–H groups in total. The zero-order valence-corrected chi connectivity index (χ0v) is 19.7. The van der Waals surface area contributed by atoms with E-state index in [0.29, 0.717) is 12.3 Å². The summed E-state index contributed by atoms with van der Waals surface area (Å²) in [6.45, 7) is 10.1. The second-order valence-corrected chi connectivity index (χ2v) is 9.01. The Morgan fingerprint density at radius 2 is 1.74 bits per heavy atom. The molecule has 0 spiro atoms. The summed E-state index contributed by atoms with van der Waals surface area (Å²) in [4.78, 5) is 15.0. The van der Waals surface area contributed by atoms with Crippen LogP contribution in [0.1, 0.15) is 55.5 Å². The van der Waals surface area contributed by atoms with E-state index in [1.807, 2.05) is 0 Å². The molecule has 3 rings (SSSR count). The van der Waals surface area contributed by atoms with Crippen LogP contribution in [0.5, 0.6) is 11.5 Å². The summed E-state index contributed by atoms with van der Waals surface area (Å²) in [7, 11) is 3.34. The van der Waals surface area contributed by atoms with Gasteiger partial charge in [0.15, 0.2) is 11.5 Å². The van der Waals surface area contributed by atoms with Crippen molar-refractivity contribution in [2.45, 2.75) is 59.2 Å². The number of hydrogen-bond acceptors (Lipinski definition) is 4. The number of methoxy groups -OCH3 is 2. The largest absolute Gasteiger partial charge is 0.493 e. The normalized spacial score (nSPS) is 17.2. The molecule has 0 bridgehead atoms. The number of rotatable bonds is 8. The number of carbonyl (C=O) groups excluding carboxylic acids is 1. The molecule has 0 radical (unpaired) electrons. The molecule has 0 aromatic heterocycles. The van der Waals surface area contributed by atoms with Crippen LogP contribution < -0.4 is 14.8 Å². The standard InChI is InChI=1S/C26H36N2O3/c1-17(2)13-25(29)27-19(4)26-22-15-24(31-6)23(30-5)14-21(22)11-12-28(26)16-20-9-7-18(3)8-10-20/h7-10,14-15,17,19,26H,11-13,16H2,1-6H3,(H,27,29)/t19-,26-/m1/s1. The first-order valence-electron chi connectivity index (χ1n) is 11.2.